The fourth-order valence-electron chi connectivity index (χ4n) is 2.58. The Kier molecular flexibility index (Phi) is 9.55. The molecule has 1 atom stereocenters. The lowest BCUT2D eigenvalue weighted by Gasteiger charge is -2.09. The smallest absolute Gasteiger partial charge is 0.376 e. The quantitative estimate of drug-likeness (QED) is 0.276. The van der Waals surface area contributed by atoms with Crippen LogP contribution in [0.25, 0.3) is 0 Å². The molecule has 1 aromatic rings. The molecule has 142 valence electrons. The van der Waals surface area contributed by atoms with E-state index in [4.69, 9.17) is 10.5 Å². The zero-order valence-electron chi connectivity index (χ0n) is 14.0. The molecule has 0 spiro atoms. The number of halogens is 4. The molecule has 0 bridgehead atoms. The van der Waals surface area contributed by atoms with Gasteiger partial charge in [-0.25, -0.2) is 0 Å². The second-order valence-corrected chi connectivity index (χ2v) is 5.94. The second kappa shape index (κ2) is 10.8. The molecule has 1 fully saturated rings. The van der Waals surface area contributed by atoms with Crippen molar-refractivity contribution < 1.29 is 17.9 Å². The van der Waals surface area contributed by atoms with E-state index in [1.807, 2.05) is 0 Å². The summed E-state index contributed by atoms with van der Waals surface area (Å²) in [5.41, 5.74) is 6.08. The van der Waals surface area contributed by atoms with E-state index in [1.54, 1.807) is 0 Å². The lowest BCUT2D eigenvalue weighted by Crippen LogP contribution is -2.33. The maximum atomic E-state index is 12.5. The van der Waals surface area contributed by atoms with Gasteiger partial charge in [0.2, 0.25) is 0 Å². The van der Waals surface area contributed by atoms with Crippen LogP contribution in [0.4, 0.5) is 13.2 Å². The van der Waals surface area contributed by atoms with Crippen LogP contribution in [0, 0.1) is 0 Å². The molecule has 3 N–H and O–H groups in total. The number of aryl methyl sites for hydroxylation is 1. The van der Waals surface area contributed by atoms with Crippen molar-refractivity contribution in [1.82, 2.24) is 5.32 Å². The summed E-state index contributed by atoms with van der Waals surface area (Å²) in [6.45, 7) is 2.09. The van der Waals surface area contributed by atoms with Crippen LogP contribution in [0.5, 0.6) is 0 Å². The Labute approximate surface area is 163 Å². The molecule has 1 aromatic carbocycles. The van der Waals surface area contributed by atoms with Gasteiger partial charge in [-0.3, -0.25) is 4.99 Å². The highest BCUT2D eigenvalue weighted by atomic mass is 127. The molecule has 0 aliphatic carbocycles. The van der Waals surface area contributed by atoms with Crippen molar-refractivity contribution in [2.45, 2.75) is 44.4 Å². The van der Waals surface area contributed by atoms with Gasteiger partial charge in [0.05, 0.1) is 18.2 Å². The molecule has 0 aromatic heterocycles. The van der Waals surface area contributed by atoms with Gasteiger partial charge in [0.25, 0.3) is 0 Å². The zero-order chi connectivity index (χ0) is 17.4. The minimum atomic E-state index is -4.27. The number of nitrogens with two attached hydrogens (primary N) is 1. The van der Waals surface area contributed by atoms with E-state index in [2.05, 4.69) is 10.3 Å². The van der Waals surface area contributed by atoms with Crippen molar-refractivity contribution in [3.63, 3.8) is 0 Å². The van der Waals surface area contributed by atoms with Gasteiger partial charge in [0.15, 0.2) is 5.96 Å². The monoisotopic (exact) mass is 471 g/mol. The number of hydrogen-bond acceptors (Lipinski definition) is 2. The molecule has 1 unspecified atom stereocenters. The predicted octanol–water partition coefficient (Wildman–Crippen LogP) is 3.73. The molecule has 1 saturated heterocycles. The van der Waals surface area contributed by atoms with Gasteiger partial charge < -0.3 is 15.8 Å². The van der Waals surface area contributed by atoms with Crippen LogP contribution in [-0.4, -0.2) is 31.8 Å². The van der Waals surface area contributed by atoms with Gasteiger partial charge >= 0.3 is 6.18 Å². The third-order valence-corrected chi connectivity index (χ3v) is 3.97. The topological polar surface area (TPSA) is 59.6 Å². The Morgan fingerprint density at radius 3 is 2.56 bits per heavy atom. The first-order valence-electron chi connectivity index (χ1n) is 8.26. The fraction of sp³-hybridized carbons (Fsp3) is 0.588. The highest BCUT2D eigenvalue weighted by Gasteiger charge is 2.29. The summed E-state index contributed by atoms with van der Waals surface area (Å²) >= 11 is 0. The van der Waals surface area contributed by atoms with E-state index in [9.17, 15) is 13.2 Å². The van der Waals surface area contributed by atoms with Crippen LogP contribution in [0.3, 0.4) is 0 Å². The lowest BCUT2D eigenvalue weighted by atomic mass is 10.1. The molecular weight excluding hydrogens is 446 g/mol. The van der Waals surface area contributed by atoms with Crippen molar-refractivity contribution >= 4 is 29.9 Å². The molecule has 1 heterocycles. The summed E-state index contributed by atoms with van der Waals surface area (Å²) in [7, 11) is 0. The molecule has 0 saturated carbocycles. The Balaban J connectivity index is 0.00000312. The van der Waals surface area contributed by atoms with Gasteiger partial charge in [0.1, 0.15) is 0 Å². The Bertz CT molecular complexity index is 529. The highest BCUT2D eigenvalue weighted by molar-refractivity contribution is 14.0. The fourth-order valence-corrected chi connectivity index (χ4v) is 2.58. The summed E-state index contributed by atoms with van der Waals surface area (Å²) in [5.74, 6) is 0.417. The average Bonchev–Trinajstić information content (AvgIpc) is 3.05. The molecule has 1 aliphatic heterocycles. The third kappa shape index (κ3) is 8.26. The van der Waals surface area contributed by atoms with E-state index in [0.29, 0.717) is 19.0 Å². The number of aliphatic imine (C=N–C) groups is 1. The number of benzene rings is 1. The molecule has 25 heavy (non-hydrogen) atoms. The standard InChI is InChI=1S/C17H24F3N3O.HI/c18-17(19,20)14-8-6-13(7-9-14)4-1-2-10-22-16(21)23-12-15-5-3-11-24-15;/h6-9,15H,1-5,10-12H2,(H3,21,22,23);1H. The minimum absolute atomic E-state index is 0. The number of nitrogens with one attached hydrogen (secondary N) is 1. The summed E-state index contributed by atoms with van der Waals surface area (Å²) in [6.07, 6.45) is 0.510. The van der Waals surface area contributed by atoms with Crippen LogP contribution in [-0.2, 0) is 17.3 Å². The number of rotatable bonds is 7. The first kappa shape index (κ1) is 22.0. The van der Waals surface area contributed by atoms with E-state index < -0.39 is 11.7 Å². The number of guanidine groups is 1. The number of ether oxygens (including phenoxy) is 1. The van der Waals surface area contributed by atoms with Crippen LogP contribution >= 0.6 is 24.0 Å². The Morgan fingerprint density at radius 2 is 1.96 bits per heavy atom. The van der Waals surface area contributed by atoms with Gasteiger partial charge in [-0.2, -0.15) is 13.2 Å². The Hall–Kier alpha value is -1.03. The van der Waals surface area contributed by atoms with E-state index in [-0.39, 0.29) is 30.1 Å². The molecule has 1 aliphatic rings. The summed E-state index contributed by atoms with van der Waals surface area (Å²) in [6, 6.07) is 5.33. The van der Waals surface area contributed by atoms with Gasteiger partial charge in [-0.1, -0.05) is 12.1 Å². The normalized spacial score (nSPS) is 18.0. The highest BCUT2D eigenvalue weighted by Crippen LogP contribution is 2.29. The second-order valence-electron chi connectivity index (χ2n) is 5.94. The summed E-state index contributed by atoms with van der Waals surface area (Å²) < 4.78 is 42.9. The summed E-state index contributed by atoms with van der Waals surface area (Å²) in [5, 5.41) is 3.05. The van der Waals surface area contributed by atoms with Crippen molar-refractivity contribution in [3.8, 4) is 0 Å². The third-order valence-electron chi connectivity index (χ3n) is 3.97. The van der Waals surface area contributed by atoms with Gasteiger partial charge in [-0.05, 0) is 49.8 Å². The summed E-state index contributed by atoms with van der Waals surface area (Å²) in [4.78, 5) is 4.25. The van der Waals surface area contributed by atoms with Crippen molar-refractivity contribution in [2.24, 2.45) is 10.7 Å². The minimum Gasteiger partial charge on any atom is -0.376 e. The van der Waals surface area contributed by atoms with Crippen LogP contribution < -0.4 is 11.1 Å². The van der Waals surface area contributed by atoms with Crippen molar-refractivity contribution in [2.75, 3.05) is 19.7 Å². The van der Waals surface area contributed by atoms with Crippen molar-refractivity contribution in [1.29, 1.82) is 0 Å². The first-order valence-corrected chi connectivity index (χ1v) is 8.26. The SMILES string of the molecule is I.NC(=NCC1CCCO1)NCCCCc1ccc(C(F)(F)F)cc1. The zero-order valence-corrected chi connectivity index (χ0v) is 16.3. The molecule has 0 amide bonds. The predicted molar refractivity (Wildman–Crippen MR) is 103 cm³/mol. The van der Waals surface area contributed by atoms with Gasteiger partial charge in [0, 0.05) is 13.2 Å². The largest absolute Gasteiger partial charge is 0.416 e. The maximum absolute atomic E-state index is 12.5. The Morgan fingerprint density at radius 1 is 1.24 bits per heavy atom. The van der Waals surface area contributed by atoms with Gasteiger partial charge in [-0.15, -0.1) is 24.0 Å². The first-order chi connectivity index (χ1) is 11.4. The number of unbranched alkanes of at least 4 members (excludes halogenated alkanes) is 1. The van der Waals surface area contributed by atoms with E-state index in [1.165, 1.54) is 12.1 Å². The van der Waals surface area contributed by atoms with Crippen LogP contribution in [0.15, 0.2) is 29.3 Å². The average molecular weight is 471 g/mol. The molecule has 4 nitrogen and oxygen atoms in total. The molecular formula is C17H25F3IN3O. The number of hydrogen-bond donors (Lipinski definition) is 2. The molecule has 8 heteroatoms. The molecule has 0 radical (unpaired) electrons. The molecule has 2 rings (SSSR count). The maximum Gasteiger partial charge on any atom is 0.416 e. The van der Waals surface area contributed by atoms with Crippen LogP contribution in [0.2, 0.25) is 0 Å². The number of nitrogens with zero attached hydrogens (tertiary/aromatic N) is 1. The number of alkyl halides is 3. The van der Waals surface area contributed by atoms with E-state index in [0.717, 1.165) is 56.4 Å². The van der Waals surface area contributed by atoms with Crippen molar-refractivity contribution in [3.05, 3.63) is 35.4 Å². The lowest BCUT2D eigenvalue weighted by molar-refractivity contribution is -0.137. The van der Waals surface area contributed by atoms with E-state index >= 15 is 0 Å². The van der Waals surface area contributed by atoms with Crippen LogP contribution in [0.1, 0.15) is 36.8 Å².